The van der Waals surface area contributed by atoms with Gasteiger partial charge in [0, 0.05) is 30.4 Å². The largest absolute Gasteiger partial charge is 0.383 e. The summed E-state index contributed by atoms with van der Waals surface area (Å²) in [4.78, 5) is 18.6. The minimum Gasteiger partial charge on any atom is -0.383 e. The molecule has 0 amide bonds. The van der Waals surface area contributed by atoms with Crippen LogP contribution in [0.15, 0.2) is 53.3 Å². The number of fused-ring (bicyclic) bond motifs is 2. The molecule has 0 spiro atoms. The molecule has 3 heterocycles. The Morgan fingerprint density at radius 3 is 2.94 bits per heavy atom. The lowest BCUT2D eigenvalue weighted by Crippen LogP contribution is -2.34. The summed E-state index contributed by atoms with van der Waals surface area (Å²) >= 11 is 0. The number of methoxy groups -OCH3 is 1. The highest BCUT2D eigenvalue weighted by Crippen LogP contribution is 2.37. The zero-order valence-electron chi connectivity index (χ0n) is 17.6. The van der Waals surface area contributed by atoms with Crippen molar-refractivity contribution in [1.29, 1.82) is 0 Å². The molecule has 1 aliphatic rings. The van der Waals surface area contributed by atoms with Crippen LogP contribution in [0.25, 0.3) is 10.9 Å². The molecule has 0 fully saturated rings. The quantitative estimate of drug-likeness (QED) is 0.520. The third kappa shape index (κ3) is 3.48. The van der Waals surface area contributed by atoms with Gasteiger partial charge in [-0.1, -0.05) is 30.3 Å². The second-order valence-corrected chi connectivity index (χ2v) is 7.87. The first kappa shape index (κ1) is 19.4. The number of rotatable bonds is 6. The number of aryl methyl sites for hydroxylation is 1. The van der Waals surface area contributed by atoms with Gasteiger partial charge in [-0.05, 0) is 58.5 Å². The number of aromatic amines is 1. The molecule has 1 aliphatic heterocycles. The molecule has 4 aromatic rings. The molecule has 0 saturated heterocycles. The SMILES string of the molecule is COCCn1nnnc1[C@@H](c1cc2ccc(C)cc2[nH]c1=O)N1CCc2ccccc21. The van der Waals surface area contributed by atoms with E-state index >= 15 is 0 Å². The maximum absolute atomic E-state index is 13.3. The maximum Gasteiger partial charge on any atom is 0.254 e. The van der Waals surface area contributed by atoms with Gasteiger partial charge < -0.3 is 14.6 Å². The summed E-state index contributed by atoms with van der Waals surface area (Å²) in [6.45, 7) is 3.79. The lowest BCUT2D eigenvalue weighted by atomic mass is 10.0. The van der Waals surface area contributed by atoms with E-state index in [2.05, 4.69) is 37.5 Å². The molecular weight excluding hydrogens is 392 g/mol. The van der Waals surface area contributed by atoms with Gasteiger partial charge in [-0.15, -0.1) is 5.10 Å². The van der Waals surface area contributed by atoms with Gasteiger partial charge in [0.1, 0.15) is 6.04 Å². The van der Waals surface area contributed by atoms with Crippen molar-refractivity contribution in [2.75, 3.05) is 25.2 Å². The van der Waals surface area contributed by atoms with Crippen molar-refractivity contribution < 1.29 is 4.74 Å². The molecule has 5 rings (SSSR count). The second kappa shape index (κ2) is 7.96. The molecule has 31 heavy (non-hydrogen) atoms. The Bertz CT molecular complexity index is 1290. The van der Waals surface area contributed by atoms with Crippen LogP contribution in [-0.4, -0.2) is 45.5 Å². The number of nitrogens with one attached hydrogen (secondary N) is 1. The summed E-state index contributed by atoms with van der Waals surface area (Å²) in [6, 6.07) is 15.9. The van der Waals surface area contributed by atoms with E-state index in [0.29, 0.717) is 24.5 Å². The van der Waals surface area contributed by atoms with Crippen LogP contribution in [-0.2, 0) is 17.7 Å². The number of hydrogen-bond acceptors (Lipinski definition) is 6. The van der Waals surface area contributed by atoms with Gasteiger partial charge >= 0.3 is 0 Å². The molecular formula is C23H24N6O2. The van der Waals surface area contributed by atoms with Crippen molar-refractivity contribution in [2.45, 2.75) is 25.9 Å². The highest BCUT2D eigenvalue weighted by atomic mass is 16.5. The molecule has 2 aromatic carbocycles. The van der Waals surface area contributed by atoms with Gasteiger partial charge in [-0.2, -0.15) is 0 Å². The van der Waals surface area contributed by atoms with Crippen molar-refractivity contribution in [3.63, 3.8) is 0 Å². The number of tetrazole rings is 1. The van der Waals surface area contributed by atoms with E-state index in [1.54, 1.807) is 11.8 Å². The summed E-state index contributed by atoms with van der Waals surface area (Å²) in [7, 11) is 1.65. The van der Waals surface area contributed by atoms with Crippen molar-refractivity contribution in [3.05, 3.63) is 81.4 Å². The predicted molar refractivity (Wildman–Crippen MR) is 118 cm³/mol. The van der Waals surface area contributed by atoms with E-state index in [1.165, 1.54) is 5.56 Å². The van der Waals surface area contributed by atoms with Gasteiger partial charge in [-0.25, -0.2) is 4.68 Å². The number of H-pyrrole nitrogens is 1. The van der Waals surface area contributed by atoms with Crippen LogP contribution in [0.1, 0.15) is 28.6 Å². The van der Waals surface area contributed by atoms with Crippen molar-refractivity contribution in [1.82, 2.24) is 25.2 Å². The van der Waals surface area contributed by atoms with E-state index in [9.17, 15) is 4.79 Å². The molecule has 0 unspecified atom stereocenters. The fraction of sp³-hybridized carbons (Fsp3) is 0.304. The standard InChI is InChI=1S/C23H24N6O2/c1-15-7-8-17-14-18(23(30)24-19(17)13-15)21(22-25-26-27-29(22)11-12-31-2)28-10-9-16-5-3-4-6-20(16)28/h3-8,13-14,21H,9-12H2,1-2H3,(H,24,30)/t21-/m1/s1. The number of aromatic nitrogens is 5. The summed E-state index contributed by atoms with van der Waals surface area (Å²) < 4.78 is 6.96. The summed E-state index contributed by atoms with van der Waals surface area (Å²) in [5, 5.41) is 13.4. The van der Waals surface area contributed by atoms with Gasteiger partial charge in [0.2, 0.25) is 0 Å². The van der Waals surface area contributed by atoms with Crippen molar-refractivity contribution in [3.8, 4) is 0 Å². The van der Waals surface area contributed by atoms with Crippen LogP contribution >= 0.6 is 0 Å². The zero-order valence-corrected chi connectivity index (χ0v) is 17.6. The maximum atomic E-state index is 13.3. The first-order chi connectivity index (χ1) is 15.2. The Morgan fingerprint density at radius 1 is 1.19 bits per heavy atom. The number of hydrogen-bond donors (Lipinski definition) is 1. The predicted octanol–water partition coefficient (Wildman–Crippen LogP) is 2.62. The normalized spacial score (nSPS) is 14.2. The third-order valence-electron chi connectivity index (χ3n) is 5.87. The van der Waals surface area contributed by atoms with Crippen LogP contribution in [0.5, 0.6) is 0 Å². The highest BCUT2D eigenvalue weighted by molar-refractivity contribution is 5.80. The first-order valence-electron chi connectivity index (χ1n) is 10.4. The summed E-state index contributed by atoms with van der Waals surface area (Å²) in [6.07, 6.45) is 0.914. The molecule has 0 bridgehead atoms. The minimum absolute atomic E-state index is 0.131. The lowest BCUT2D eigenvalue weighted by Gasteiger charge is -2.29. The lowest BCUT2D eigenvalue weighted by molar-refractivity contribution is 0.181. The monoisotopic (exact) mass is 416 g/mol. The van der Waals surface area contributed by atoms with Crippen LogP contribution in [0.2, 0.25) is 0 Å². The molecule has 2 aromatic heterocycles. The van der Waals surface area contributed by atoms with Gasteiger partial charge in [0.25, 0.3) is 5.56 Å². The molecule has 8 nitrogen and oxygen atoms in total. The van der Waals surface area contributed by atoms with Gasteiger partial charge in [0.05, 0.1) is 13.2 Å². The number of benzene rings is 2. The average molecular weight is 416 g/mol. The van der Waals surface area contributed by atoms with E-state index in [4.69, 9.17) is 4.74 Å². The van der Waals surface area contributed by atoms with E-state index in [1.807, 2.05) is 43.3 Å². The van der Waals surface area contributed by atoms with Crippen LogP contribution in [0.4, 0.5) is 5.69 Å². The molecule has 0 aliphatic carbocycles. The first-order valence-corrected chi connectivity index (χ1v) is 10.4. The third-order valence-corrected chi connectivity index (χ3v) is 5.87. The second-order valence-electron chi connectivity index (χ2n) is 7.87. The minimum atomic E-state index is -0.412. The molecule has 8 heteroatoms. The van der Waals surface area contributed by atoms with E-state index in [-0.39, 0.29) is 5.56 Å². The summed E-state index contributed by atoms with van der Waals surface area (Å²) in [5.41, 5.74) is 4.79. The molecule has 0 saturated carbocycles. The van der Waals surface area contributed by atoms with Crippen LogP contribution in [0, 0.1) is 6.92 Å². The Morgan fingerprint density at radius 2 is 2.06 bits per heavy atom. The van der Waals surface area contributed by atoms with Crippen LogP contribution < -0.4 is 10.5 Å². The summed E-state index contributed by atoms with van der Waals surface area (Å²) in [5.74, 6) is 0.630. The number of pyridine rings is 1. The molecule has 1 atom stereocenters. The molecule has 1 N–H and O–H groups in total. The van der Waals surface area contributed by atoms with Crippen molar-refractivity contribution >= 4 is 16.6 Å². The fourth-order valence-electron chi connectivity index (χ4n) is 4.36. The molecule has 0 radical (unpaired) electrons. The topological polar surface area (TPSA) is 88.9 Å². The highest BCUT2D eigenvalue weighted by Gasteiger charge is 2.34. The average Bonchev–Trinajstić information content (AvgIpc) is 3.41. The fourth-order valence-corrected chi connectivity index (χ4v) is 4.36. The Hall–Kier alpha value is -3.52. The van der Waals surface area contributed by atoms with E-state index < -0.39 is 6.04 Å². The zero-order chi connectivity index (χ0) is 21.4. The molecule has 158 valence electrons. The Labute approximate surface area is 179 Å². The van der Waals surface area contributed by atoms with Gasteiger partial charge in [0.15, 0.2) is 5.82 Å². The number of anilines is 1. The Balaban J connectivity index is 1.70. The van der Waals surface area contributed by atoms with Gasteiger partial charge in [-0.3, -0.25) is 4.79 Å². The Kier molecular flexibility index (Phi) is 4.99. The van der Waals surface area contributed by atoms with E-state index in [0.717, 1.165) is 35.1 Å². The van der Waals surface area contributed by atoms with Crippen LogP contribution in [0.3, 0.4) is 0 Å². The number of para-hydroxylation sites is 1. The number of ether oxygens (including phenoxy) is 1. The van der Waals surface area contributed by atoms with Crippen molar-refractivity contribution in [2.24, 2.45) is 0 Å². The smallest absolute Gasteiger partial charge is 0.254 e. The number of nitrogens with zero attached hydrogens (tertiary/aromatic N) is 5.